The van der Waals surface area contributed by atoms with Crippen LogP contribution in [0.2, 0.25) is 0 Å². The highest BCUT2D eigenvalue weighted by Gasteiger charge is 2.31. The number of H-pyrrole nitrogens is 1. The average Bonchev–Trinajstić information content (AvgIpc) is 3.19. The lowest BCUT2D eigenvalue weighted by Gasteiger charge is -2.34. The highest BCUT2D eigenvalue weighted by Crippen LogP contribution is 2.22. The van der Waals surface area contributed by atoms with Gasteiger partial charge in [-0.05, 0) is 19.1 Å². The topological polar surface area (TPSA) is 93.4 Å². The van der Waals surface area contributed by atoms with Gasteiger partial charge in [-0.1, -0.05) is 12.1 Å². The van der Waals surface area contributed by atoms with Crippen LogP contribution in [-0.4, -0.2) is 45.1 Å². The van der Waals surface area contributed by atoms with E-state index in [9.17, 15) is 9.59 Å². The van der Waals surface area contributed by atoms with Crippen LogP contribution < -0.4 is 5.76 Å². The van der Waals surface area contributed by atoms with Crippen LogP contribution in [0, 0.1) is 6.92 Å². The number of imidazole rings is 1. The molecule has 8 nitrogen and oxygen atoms in total. The predicted octanol–water partition coefficient (Wildman–Crippen LogP) is 1.23. The Morgan fingerprint density at radius 2 is 2.24 bits per heavy atom. The molecule has 1 aliphatic rings. The Kier molecular flexibility index (Phi) is 3.89. The Hall–Kier alpha value is -2.87. The lowest BCUT2D eigenvalue weighted by Crippen LogP contribution is -2.45. The number of benzene rings is 1. The van der Waals surface area contributed by atoms with E-state index in [1.165, 1.54) is 4.57 Å². The van der Waals surface area contributed by atoms with Gasteiger partial charge in [0.1, 0.15) is 18.4 Å². The number of para-hydroxylation sites is 2. The van der Waals surface area contributed by atoms with E-state index in [4.69, 9.17) is 9.15 Å². The van der Waals surface area contributed by atoms with E-state index in [0.29, 0.717) is 36.7 Å². The molecule has 1 atom stereocenters. The van der Waals surface area contributed by atoms with Gasteiger partial charge >= 0.3 is 5.76 Å². The van der Waals surface area contributed by atoms with E-state index in [1.807, 2.05) is 6.92 Å². The number of oxazole rings is 1. The summed E-state index contributed by atoms with van der Waals surface area (Å²) in [6.07, 6.45) is 1.72. The van der Waals surface area contributed by atoms with Gasteiger partial charge in [-0.3, -0.25) is 9.36 Å². The van der Waals surface area contributed by atoms with Crippen molar-refractivity contribution in [2.75, 3.05) is 19.8 Å². The third kappa shape index (κ3) is 2.85. The molecule has 0 radical (unpaired) electrons. The highest BCUT2D eigenvalue weighted by molar-refractivity contribution is 5.80. The maximum Gasteiger partial charge on any atom is 0.420 e. The number of aryl methyl sites for hydroxylation is 1. The van der Waals surface area contributed by atoms with Gasteiger partial charge < -0.3 is 19.0 Å². The van der Waals surface area contributed by atoms with Crippen molar-refractivity contribution in [1.82, 2.24) is 19.4 Å². The third-order valence-corrected chi connectivity index (χ3v) is 4.35. The monoisotopic (exact) mass is 342 g/mol. The van der Waals surface area contributed by atoms with E-state index in [0.717, 1.165) is 5.69 Å². The van der Waals surface area contributed by atoms with Crippen LogP contribution in [-0.2, 0) is 16.1 Å². The first-order chi connectivity index (χ1) is 12.1. The molecule has 0 saturated carbocycles. The van der Waals surface area contributed by atoms with Gasteiger partial charge in [0.2, 0.25) is 5.91 Å². The van der Waals surface area contributed by atoms with E-state index >= 15 is 0 Å². The first-order valence-electron chi connectivity index (χ1n) is 8.10. The van der Waals surface area contributed by atoms with Gasteiger partial charge in [-0.25, -0.2) is 9.78 Å². The summed E-state index contributed by atoms with van der Waals surface area (Å²) in [5.41, 5.74) is 2.00. The maximum atomic E-state index is 12.9. The molecular formula is C17H18N4O4. The van der Waals surface area contributed by atoms with E-state index in [-0.39, 0.29) is 18.5 Å². The lowest BCUT2D eigenvalue weighted by molar-refractivity contribution is -0.141. The zero-order valence-electron chi connectivity index (χ0n) is 13.8. The van der Waals surface area contributed by atoms with Crippen molar-refractivity contribution < 1.29 is 13.9 Å². The van der Waals surface area contributed by atoms with Crippen LogP contribution in [0.15, 0.2) is 39.7 Å². The van der Waals surface area contributed by atoms with Crippen molar-refractivity contribution in [3.8, 4) is 0 Å². The molecule has 4 rings (SSSR count). The molecule has 8 heteroatoms. The number of fused-ring (bicyclic) bond motifs is 1. The Morgan fingerprint density at radius 3 is 3.04 bits per heavy atom. The minimum atomic E-state index is -0.534. The van der Waals surface area contributed by atoms with Crippen LogP contribution in [0.3, 0.4) is 0 Å². The van der Waals surface area contributed by atoms with Crippen molar-refractivity contribution in [1.29, 1.82) is 0 Å². The summed E-state index contributed by atoms with van der Waals surface area (Å²) in [5.74, 6) is -0.0147. The largest absolute Gasteiger partial charge is 0.420 e. The van der Waals surface area contributed by atoms with Gasteiger partial charge in [-0.2, -0.15) is 0 Å². The van der Waals surface area contributed by atoms with Crippen molar-refractivity contribution in [2.45, 2.75) is 19.5 Å². The second kappa shape index (κ2) is 6.21. The van der Waals surface area contributed by atoms with E-state index in [2.05, 4.69) is 9.97 Å². The average molecular weight is 342 g/mol. The zero-order chi connectivity index (χ0) is 17.4. The number of ether oxygens (including phenoxy) is 1. The minimum Gasteiger partial charge on any atom is -0.408 e. The van der Waals surface area contributed by atoms with Crippen molar-refractivity contribution >= 4 is 17.0 Å². The van der Waals surface area contributed by atoms with E-state index in [1.54, 1.807) is 35.4 Å². The quantitative estimate of drug-likeness (QED) is 0.773. The first-order valence-corrected chi connectivity index (χ1v) is 8.10. The molecule has 25 heavy (non-hydrogen) atoms. The summed E-state index contributed by atoms with van der Waals surface area (Å²) >= 11 is 0. The number of hydrogen-bond acceptors (Lipinski definition) is 5. The van der Waals surface area contributed by atoms with Crippen LogP contribution in [0.4, 0.5) is 0 Å². The normalized spacial score (nSPS) is 18.0. The molecule has 130 valence electrons. The van der Waals surface area contributed by atoms with Crippen molar-refractivity contribution in [3.05, 3.63) is 52.5 Å². The summed E-state index contributed by atoms with van der Waals surface area (Å²) in [6.45, 7) is 3.12. The number of rotatable bonds is 3. The van der Waals surface area contributed by atoms with Gasteiger partial charge in [0.15, 0.2) is 5.58 Å². The molecular weight excluding hydrogens is 324 g/mol. The number of carbonyl (C=O) groups is 1. The molecule has 1 fully saturated rings. The Bertz CT molecular complexity index is 970. The molecule has 0 bridgehead atoms. The maximum absolute atomic E-state index is 12.9. The number of morpholine rings is 1. The summed E-state index contributed by atoms with van der Waals surface area (Å²) in [5, 5.41) is 0. The number of hydrogen-bond donors (Lipinski definition) is 1. The summed E-state index contributed by atoms with van der Waals surface area (Å²) < 4.78 is 12.1. The molecule has 3 heterocycles. The standard InChI is InChI=1S/C17H18N4O4/c1-11-8-18-16(19-11)13-10-24-7-6-20(13)15(22)9-21-12-4-2-3-5-14(12)25-17(21)23/h2-5,8,13H,6-7,9-10H2,1H3,(H,18,19)/t13-/m0/s1. The first kappa shape index (κ1) is 15.6. The summed E-state index contributed by atoms with van der Waals surface area (Å²) in [4.78, 5) is 34.2. The molecule has 1 N–H and O–H groups in total. The van der Waals surface area contributed by atoms with Crippen LogP contribution >= 0.6 is 0 Å². The number of amides is 1. The molecule has 0 unspecified atom stereocenters. The Labute approximate surface area is 143 Å². The number of nitrogens with one attached hydrogen (secondary N) is 1. The molecule has 1 amide bonds. The van der Waals surface area contributed by atoms with Crippen LogP contribution in [0.5, 0.6) is 0 Å². The second-order valence-electron chi connectivity index (χ2n) is 6.05. The smallest absolute Gasteiger partial charge is 0.408 e. The number of aromatic nitrogens is 3. The fraction of sp³-hybridized carbons (Fsp3) is 0.353. The Balaban J connectivity index is 1.62. The van der Waals surface area contributed by atoms with Gasteiger partial charge in [0, 0.05) is 18.4 Å². The van der Waals surface area contributed by atoms with Gasteiger partial charge in [0.05, 0.1) is 18.7 Å². The lowest BCUT2D eigenvalue weighted by atomic mass is 10.2. The second-order valence-corrected chi connectivity index (χ2v) is 6.05. The van der Waals surface area contributed by atoms with Gasteiger partial charge in [0.25, 0.3) is 0 Å². The molecule has 0 aliphatic carbocycles. The van der Waals surface area contributed by atoms with Crippen molar-refractivity contribution in [3.63, 3.8) is 0 Å². The predicted molar refractivity (Wildman–Crippen MR) is 89.1 cm³/mol. The SMILES string of the molecule is Cc1cnc([C@@H]2COCCN2C(=O)Cn2c(=O)oc3ccccc32)[nH]1. The molecule has 3 aromatic rings. The molecule has 1 aromatic carbocycles. The summed E-state index contributed by atoms with van der Waals surface area (Å²) in [6, 6.07) is 6.78. The fourth-order valence-electron chi connectivity index (χ4n) is 3.12. The van der Waals surface area contributed by atoms with Crippen molar-refractivity contribution in [2.24, 2.45) is 0 Å². The zero-order valence-corrected chi connectivity index (χ0v) is 13.8. The molecule has 1 saturated heterocycles. The number of nitrogens with zero attached hydrogens (tertiary/aromatic N) is 3. The molecule has 2 aromatic heterocycles. The summed E-state index contributed by atoms with van der Waals surface area (Å²) in [7, 11) is 0. The molecule has 0 spiro atoms. The highest BCUT2D eigenvalue weighted by atomic mass is 16.5. The number of carbonyl (C=O) groups excluding carboxylic acids is 1. The number of aromatic amines is 1. The van der Waals surface area contributed by atoms with Crippen LogP contribution in [0.1, 0.15) is 17.6 Å². The Morgan fingerprint density at radius 1 is 1.40 bits per heavy atom. The van der Waals surface area contributed by atoms with E-state index < -0.39 is 5.76 Å². The van der Waals surface area contributed by atoms with Crippen LogP contribution in [0.25, 0.3) is 11.1 Å². The third-order valence-electron chi connectivity index (χ3n) is 4.35. The fourth-order valence-corrected chi connectivity index (χ4v) is 3.12. The minimum absolute atomic E-state index is 0.0773. The molecule has 1 aliphatic heterocycles. The van der Waals surface area contributed by atoms with Gasteiger partial charge in [-0.15, -0.1) is 0 Å².